The first-order valence-corrected chi connectivity index (χ1v) is 9.07. The van der Waals surface area contributed by atoms with E-state index in [1.165, 1.54) is 19.1 Å². The molecule has 1 fully saturated rings. The fourth-order valence-electron chi connectivity index (χ4n) is 3.11. The molecule has 1 aromatic heterocycles. The number of halogens is 1. The molecule has 0 spiro atoms. The van der Waals surface area contributed by atoms with Gasteiger partial charge in [0.25, 0.3) is 0 Å². The van der Waals surface area contributed by atoms with Crippen molar-refractivity contribution in [1.29, 1.82) is 0 Å². The van der Waals surface area contributed by atoms with E-state index in [0.717, 1.165) is 11.5 Å². The summed E-state index contributed by atoms with van der Waals surface area (Å²) in [6, 6.07) is 7.78. The molecule has 7 nitrogen and oxygen atoms in total. The number of nitrogens with zero attached hydrogens (tertiary/aromatic N) is 5. The summed E-state index contributed by atoms with van der Waals surface area (Å²) in [5.74, 6) is 0.734. The smallest absolute Gasteiger partial charge is 0.227 e. The van der Waals surface area contributed by atoms with E-state index in [-0.39, 0.29) is 23.5 Å². The molecule has 1 aromatic carbocycles. The average Bonchev–Trinajstić information content (AvgIpc) is 3.03. The minimum Gasteiger partial charge on any atom is -0.363 e. The third kappa shape index (κ3) is 4.27. The molecule has 0 unspecified atom stereocenters. The number of aromatic nitrogens is 2. The van der Waals surface area contributed by atoms with E-state index >= 15 is 0 Å². The number of hydrogen-bond donors (Lipinski definition) is 0. The Bertz CT molecular complexity index is 885. The Labute approximate surface area is 163 Å². The number of carbonyl (C=O) groups is 2. The fraction of sp³-hybridized carbons (Fsp3) is 0.400. The van der Waals surface area contributed by atoms with Crippen molar-refractivity contribution in [2.45, 2.75) is 25.8 Å². The highest BCUT2D eigenvalue weighted by molar-refractivity contribution is 5.96. The van der Waals surface area contributed by atoms with Crippen LogP contribution in [0, 0.1) is 5.82 Å². The number of rotatable bonds is 5. The molecule has 1 aliphatic rings. The molecule has 2 aromatic rings. The molecule has 2 heterocycles. The van der Waals surface area contributed by atoms with Crippen LogP contribution in [0.25, 0.3) is 0 Å². The molecule has 28 heavy (non-hydrogen) atoms. The fourth-order valence-corrected chi connectivity index (χ4v) is 3.11. The SMILES string of the molecule is CC(=O)N(C)Cc1nc([C@@H]2CC(=O)N(c3ccc(F)cc3)C2)cc(N(C)C)n1. The van der Waals surface area contributed by atoms with E-state index in [0.29, 0.717) is 31.0 Å². The van der Waals surface area contributed by atoms with E-state index < -0.39 is 0 Å². The molecule has 1 aliphatic heterocycles. The lowest BCUT2D eigenvalue weighted by molar-refractivity contribution is -0.128. The average molecular weight is 385 g/mol. The topological polar surface area (TPSA) is 69.6 Å². The Morgan fingerprint density at radius 3 is 2.50 bits per heavy atom. The molecular formula is C20H24FN5O2. The van der Waals surface area contributed by atoms with E-state index in [9.17, 15) is 14.0 Å². The standard InChI is InChI=1S/C20H24FN5O2/c1-13(27)25(4)12-18-22-17(10-19(23-18)24(2)3)14-9-20(28)26(11-14)16-7-5-15(21)6-8-16/h5-8,10,14H,9,11-12H2,1-4H3/t14-/m1/s1. The lowest BCUT2D eigenvalue weighted by atomic mass is 10.0. The van der Waals surface area contributed by atoms with Crippen molar-refractivity contribution < 1.29 is 14.0 Å². The van der Waals surface area contributed by atoms with Crippen molar-refractivity contribution in [3.8, 4) is 0 Å². The summed E-state index contributed by atoms with van der Waals surface area (Å²) >= 11 is 0. The molecule has 0 N–H and O–H groups in total. The Kier molecular flexibility index (Phi) is 5.58. The van der Waals surface area contributed by atoms with Gasteiger partial charge in [-0.2, -0.15) is 0 Å². The van der Waals surface area contributed by atoms with Gasteiger partial charge in [-0.25, -0.2) is 14.4 Å². The van der Waals surface area contributed by atoms with Crippen LogP contribution in [-0.2, 0) is 16.1 Å². The van der Waals surface area contributed by atoms with Crippen molar-refractivity contribution in [1.82, 2.24) is 14.9 Å². The summed E-state index contributed by atoms with van der Waals surface area (Å²) < 4.78 is 13.2. The number of carbonyl (C=O) groups excluding carboxylic acids is 2. The zero-order valence-electron chi connectivity index (χ0n) is 16.5. The molecule has 2 amide bonds. The summed E-state index contributed by atoms with van der Waals surface area (Å²) in [7, 11) is 5.47. The van der Waals surface area contributed by atoms with Gasteiger partial charge in [-0.05, 0) is 24.3 Å². The molecule has 1 atom stereocenters. The number of anilines is 2. The summed E-state index contributed by atoms with van der Waals surface area (Å²) in [4.78, 5) is 38.3. The van der Waals surface area contributed by atoms with E-state index in [1.807, 2.05) is 25.1 Å². The summed E-state index contributed by atoms with van der Waals surface area (Å²) in [5, 5.41) is 0. The highest BCUT2D eigenvalue weighted by atomic mass is 19.1. The van der Waals surface area contributed by atoms with Gasteiger partial charge in [0.1, 0.15) is 17.5 Å². The van der Waals surface area contributed by atoms with Gasteiger partial charge in [-0.15, -0.1) is 0 Å². The lowest BCUT2D eigenvalue weighted by Crippen LogP contribution is -2.26. The Balaban J connectivity index is 1.87. The Hall–Kier alpha value is -3.03. The maximum Gasteiger partial charge on any atom is 0.227 e. The Morgan fingerprint density at radius 2 is 1.89 bits per heavy atom. The summed E-state index contributed by atoms with van der Waals surface area (Å²) in [5.41, 5.74) is 1.44. The second-order valence-electron chi connectivity index (χ2n) is 7.22. The summed E-state index contributed by atoms with van der Waals surface area (Å²) in [6.45, 7) is 2.26. The summed E-state index contributed by atoms with van der Waals surface area (Å²) in [6.07, 6.45) is 0.323. The third-order valence-electron chi connectivity index (χ3n) is 4.83. The molecule has 0 bridgehead atoms. The molecule has 8 heteroatoms. The predicted octanol–water partition coefficient (Wildman–Crippen LogP) is 2.18. The predicted molar refractivity (Wildman–Crippen MR) is 105 cm³/mol. The molecule has 3 rings (SSSR count). The van der Waals surface area contributed by atoms with Crippen LogP contribution in [0.1, 0.15) is 30.8 Å². The molecule has 0 saturated carbocycles. The first kappa shape index (κ1) is 19.7. The van der Waals surface area contributed by atoms with Crippen LogP contribution in [0.4, 0.5) is 15.9 Å². The van der Waals surface area contributed by atoms with Crippen molar-refractivity contribution in [2.24, 2.45) is 0 Å². The molecule has 0 radical (unpaired) electrons. The highest BCUT2D eigenvalue weighted by Gasteiger charge is 2.33. The van der Waals surface area contributed by atoms with Crippen LogP contribution < -0.4 is 9.80 Å². The first-order chi connectivity index (χ1) is 13.2. The third-order valence-corrected chi connectivity index (χ3v) is 4.83. The van der Waals surface area contributed by atoms with Gasteiger partial charge in [-0.3, -0.25) is 9.59 Å². The van der Waals surface area contributed by atoms with Crippen LogP contribution in [-0.4, -0.2) is 54.4 Å². The normalized spacial score (nSPS) is 16.4. The maximum atomic E-state index is 13.2. The van der Waals surface area contributed by atoms with Crippen LogP contribution in [0.15, 0.2) is 30.3 Å². The lowest BCUT2D eigenvalue weighted by Gasteiger charge is -2.20. The molecule has 0 aliphatic carbocycles. The van der Waals surface area contributed by atoms with Crippen molar-refractivity contribution in [3.63, 3.8) is 0 Å². The Morgan fingerprint density at radius 1 is 1.21 bits per heavy atom. The van der Waals surface area contributed by atoms with Crippen molar-refractivity contribution in [2.75, 3.05) is 37.5 Å². The van der Waals surface area contributed by atoms with Gasteiger partial charge in [0, 0.05) is 58.7 Å². The van der Waals surface area contributed by atoms with Crippen LogP contribution in [0.2, 0.25) is 0 Å². The number of hydrogen-bond acceptors (Lipinski definition) is 5. The zero-order chi connectivity index (χ0) is 20.4. The largest absolute Gasteiger partial charge is 0.363 e. The minimum atomic E-state index is -0.336. The first-order valence-electron chi connectivity index (χ1n) is 9.07. The van der Waals surface area contributed by atoms with Gasteiger partial charge < -0.3 is 14.7 Å². The minimum absolute atomic E-state index is 0.0240. The van der Waals surface area contributed by atoms with Crippen LogP contribution in [0.5, 0.6) is 0 Å². The second kappa shape index (κ2) is 7.92. The van der Waals surface area contributed by atoms with Gasteiger partial charge in [0.05, 0.1) is 12.2 Å². The van der Waals surface area contributed by atoms with Gasteiger partial charge in [-0.1, -0.05) is 0 Å². The van der Waals surface area contributed by atoms with E-state index in [2.05, 4.69) is 9.97 Å². The van der Waals surface area contributed by atoms with Crippen LogP contribution in [0.3, 0.4) is 0 Å². The number of benzene rings is 1. The van der Waals surface area contributed by atoms with Crippen LogP contribution >= 0.6 is 0 Å². The van der Waals surface area contributed by atoms with Gasteiger partial charge in [0.2, 0.25) is 11.8 Å². The maximum absolute atomic E-state index is 13.2. The molecular weight excluding hydrogens is 361 g/mol. The van der Waals surface area contributed by atoms with Crippen molar-refractivity contribution in [3.05, 3.63) is 47.7 Å². The quantitative estimate of drug-likeness (QED) is 0.789. The van der Waals surface area contributed by atoms with Crippen molar-refractivity contribution >= 4 is 23.3 Å². The highest BCUT2D eigenvalue weighted by Crippen LogP contribution is 2.32. The van der Waals surface area contributed by atoms with Gasteiger partial charge >= 0.3 is 0 Å². The van der Waals surface area contributed by atoms with Gasteiger partial charge in [0.15, 0.2) is 0 Å². The van der Waals surface area contributed by atoms with E-state index in [1.54, 1.807) is 29.0 Å². The monoisotopic (exact) mass is 385 g/mol. The number of amides is 2. The zero-order valence-corrected chi connectivity index (χ0v) is 16.5. The molecule has 1 saturated heterocycles. The van der Waals surface area contributed by atoms with E-state index in [4.69, 9.17) is 0 Å². The second-order valence-corrected chi connectivity index (χ2v) is 7.22. The molecule has 148 valence electrons.